The molecule has 9 heteroatoms. The molecule has 0 atom stereocenters. The molecular weight excluding hydrogens is 354 g/mol. The highest BCUT2D eigenvalue weighted by atomic mass is 35.5. The van der Waals surface area contributed by atoms with Crippen LogP contribution in [0, 0.1) is 0 Å². The molecule has 0 saturated heterocycles. The molecule has 0 saturated carbocycles. The standard InChI is InChI=1S/C14H10Cl2F3N3O/c15-6-12(20)22-9-2-1-3-10(5-9)23-13-11(16)4-8(7-21-13)14(17,18)19/h1-5,7H,6H2,(H2,20,22). The van der Waals surface area contributed by atoms with Crippen LogP contribution in [0.25, 0.3) is 0 Å². The molecule has 0 aliphatic carbocycles. The zero-order valence-electron chi connectivity index (χ0n) is 11.4. The Hall–Kier alpha value is -1.99. The van der Waals surface area contributed by atoms with Gasteiger partial charge in [0.15, 0.2) is 0 Å². The van der Waals surface area contributed by atoms with E-state index in [0.29, 0.717) is 17.6 Å². The second kappa shape index (κ2) is 7.06. The van der Waals surface area contributed by atoms with E-state index in [-0.39, 0.29) is 22.6 Å². The number of nitrogens with zero attached hydrogens (tertiary/aromatic N) is 2. The van der Waals surface area contributed by atoms with Crippen LogP contribution in [0.3, 0.4) is 0 Å². The molecule has 4 nitrogen and oxygen atoms in total. The van der Waals surface area contributed by atoms with E-state index in [2.05, 4.69) is 9.98 Å². The summed E-state index contributed by atoms with van der Waals surface area (Å²) < 4.78 is 43.1. The number of pyridine rings is 1. The Morgan fingerprint density at radius 1 is 1.30 bits per heavy atom. The van der Waals surface area contributed by atoms with E-state index in [0.717, 1.165) is 6.07 Å². The first kappa shape index (κ1) is 17.4. The number of aromatic nitrogens is 1. The lowest BCUT2D eigenvalue weighted by atomic mass is 10.3. The van der Waals surface area contributed by atoms with Gasteiger partial charge in [-0.25, -0.2) is 9.98 Å². The number of rotatable bonds is 4. The lowest BCUT2D eigenvalue weighted by Crippen LogP contribution is -2.12. The summed E-state index contributed by atoms with van der Waals surface area (Å²) in [4.78, 5) is 7.62. The Kier molecular flexibility index (Phi) is 5.33. The smallest absolute Gasteiger partial charge is 0.417 e. The summed E-state index contributed by atoms with van der Waals surface area (Å²) in [6.45, 7) is 0. The van der Waals surface area contributed by atoms with Crippen molar-refractivity contribution in [1.82, 2.24) is 4.98 Å². The van der Waals surface area contributed by atoms with Crippen LogP contribution in [-0.2, 0) is 6.18 Å². The first-order chi connectivity index (χ1) is 10.8. The van der Waals surface area contributed by atoms with Gasteiger partial charge in [-0.1, -0.05) is 17.7 Å². The topological polar surface area (TPSA) is 60.5 Å². The van der Waals surface area contributed by atoms with Crippen molar-refractivity contribution in [1.29, 1.82) is 0 Å². The number of halogens is 5. The van der Waals surface area contributed by atoms with Gasteiger partial charge < -0.3 is 10.5 Å². The van der Waals surface area contributed by atoms with Crippen LogP contribution in [0.2, 0.25) is 5.02 Å². The largest absolute Gasteiger partial charge is 0.437 e. The van der Waals surface area contributed by atoms with Crippen LogP contribution in [0.5, 0.6) is 11.6 Å². The highest BCUT2D eigenvalue weighted by Gasteiger charge is 2.31. The molecule has 0 bridgehead atoms. The molecule has 2 aromatic rings. The van der Waals surface area contributed by atoms with Gasteiger partial charge >= 0.3 is 6.18 Å². The van der Waals surface area contributed by atoms with Crippen molar-refractivity contribution in [3.05, 3.63) is 47.1 Å². The maximum atomic E-state index is 12.6. The average Bonchev–Trinajstić information content (AvgIpc) is 2.48. The van der Waals surface area contributed by atoms with E-state index in [1.165, 1.54) is 6.07 Å². The van der Waals surface area contributed by atoms with E-state index in [1.807, 2.05) is 0 Å². The Morgan fingerprint density at radius 3 is 2.65 bits per heavy atom. The first-order valence-electron chi connectivity index (χ1n) is 6.19. The van der Waals surface area contributed by atoms with E-state index in [1.54, 1.807) is 18.2 Å². The molecule has 23 heavy (non-hydrogen) atoms. The van der Waals surface area contributed by atoms with Gasteiger partial charge in [0.1, 0.15) is 16.6 Å². The lowest BCUT2D eigenvalue weighted by Gasteiger charge is -2.10. The maximum Gasteiger partial charge on any atom is 0.417 e. The number of amidine groups is 1. The number of aliphatic imine (C=N–C) groups is 1. The zero-order valence-corrected chi connectivity index (χ0v) is 13.0. The summed E-state index contributed by atoms with van der Waals surface area (Å²) >= 11 is 11.3. The molecule has 0 aliphatic heterocycles. The molecule has 0 unspecified atom stereocenters. The van der Waals surface area contributed by atoms with Crippen LogP contribution >= 0.6 is 23.2 Å². The van der Waals surface area contributed by atoms with Crippen molar-refractivity contribution < 1.29 is 17.9 Å². The van der Waals surface area contributed by atoms with Crippen molar-refractivity contribution >= 4 is 34.7 Å². The molecule has 1 heterocycles. The fraction of sp³-hybridized carbons (Fsp3) is 0.143. The van der Waals surface area contributed by atoms with Crippen molar-refractivity contribution in [3.8, 4) is 11.6 Å². The van der Waals surface area contributed by atoms with Crippen molar-refractivity contribution in [2.45, 2.75) is 6.18 Å². The number of nitrogens with two attached hydrogens (primary N) is 1. The fourth-order valence-corrected chi connectivity index (χ4v) is 1.84. The lowest BCUT2D eigenvalue weighted by molar-refractivity contribution is -0.137. The summed E-state index contributed by atoms with van der Waals surface area (Å²) in [5.74, 6) is 0.431. The average molecular weight is 364 g/mol. The molecule has 0 aliphatic rings. The first-order valence-corrected chi connectivity index (χ1v) is 7.10. The highest BCUT2D eigenvalue weighted by molar-refractivity contribution is 6.31. The van der Waals surface area contributed by atoms with Crippen LogP contribution in [0.15, 0.2) is 41.5 Å². The fourth-order valence-electron chi connectivity index (χ4n) is 1.58. The van der Waals surface area contributed by atoms with Crippen molar-refractivity contribution in [2.75, 3.05) is 5.88 Å². The second-order valence-corrected chi connectivity index (χ2v) is 5.02. The van der Waals surface area contributed by atoms with Gasteiger partial charge in [-0.05, 0) is 18.2 Å². The van der Waals surface area contributed by atoms with E-state index in [9.17, 15) is 13.2 Å². The van der Waals surface area contributed by atoms with Gasteiger partial charge in [-0.15, -0.1) is 11.6 Å². The van der Waals surface area contributed by atoms with Gasteiger partial charge in [-0.3, -0.25) is 0 Å². The quantitative estimate of drug-likeness (QED) is 0.483. The van der Waals surface area contributed by atoms with Gasteiger partial charge in [0.25, 0.3) is 0 Å². The Balaban J connectivity index is 2.24. The molecule has 2 N–H and O–H groups in total. The molecule has 1 aromatic heterocycles. The third kappa shape index (κ3) is 4.74. The van der Waals surface area contributed by atoms with Gasteiger partial charge in [0, 0.05) is 12.3 Å². The van der Waals surface area contributed by atoms with Gasteiger partial charge in [0.2, 0.25) is 5.88 Å². The number of alkyl halides is 4. The summed E-state index contributed by atoms with van der Waals surface area (Å²) in [5.41, 5.74) is 5.05. The van der Waals surface area contributed by atoms with Crippen molar-refractivity contribution in [2.24, 2.45) is 10.7 Å². The second-order valence-electron chi connectivity index (χ2n) is 4.34. The minimum atomic E-state index is -4.52. The minimum Gasteiger partial charge on any atom is -0.437 e. The molecule has 0 fully saturated rings. The summed E-state index contributed by atoms with van der Waals surface area (Å²) in [7, 11) is 0. The predicted octanol–water partition coefficient (Wildman–Crippen LogP) is 4.77. The number of hydrogen-bond donors (Lipinski definition) is 1. The number of hydrogen-bond acceptors (Lipinski definition) is 3. The Labute approximate surface area is 139 Å². The molecule has 2 rings (SSSR count). The summed E-state index contributed by atoms with van der Waals surface area (Å²) in [6.07, 6.45) is -3.88. The van der Waals surface area contributed by atoms with E-state index in [4.69, 9.17) is 33.7 Å². The molecule has 0 spiro atoms. The van der Waals surface area contributed by atoms with Crippen LogP contribution in [0.4, 0.5) is 18.9 Å². The SMILES string of the molecule is NC(CCl)=Nc1cccc(Oc2ncc(C(F)(F)F)cc2Cl)c1. The van der Waals surface area contributed by atoms with Gasteiger partial charge in [-0.2, -0.15) is 13.2 Å². The van der Waals surface area contributed by atoms with Gasteiger partial charge in [0.05, 0.1) is 17.1 Å². The molecule has 0 amide bonds. The van der Waals surface area contributed by atoms with Crippen LogP contribution < -0.4 is 10.5 Å². The van der Waals surface area contributed by atoms with Crippen LogP contribution in [-0.4, -0.2) is 16.7 Å². The Bertz CT molecular complexity index is 735. The molecule has 122 valence electrons. The van der Waals surface area contributed by atoms with Crippen molar-refractivity contribution in [3.63, 3.8) is 0 Å². The number of ether oxygens (including phenoxy) is 1. The molecule has 1 aromatic carbocycles. The molecule has 0 radical (unpaired) electrons. The normalized spacial score (nSPS) is 12.3. The third-order valence-corrected chi connectivity index (χ3v) is 3.12. The molecular formula is C14H10Cl2F3N3O. The summed E-state index contributed by atoms with van der Waals surface area (Å²) in [5, 5.41) is -0.256. The Morgan fingerprint density at radius 2 is 2.04 bits per heavy atom. The number of benzene rings is 1. The van der Waals surface area contributed by atoms with E-state index < -0.39 is 11.7 Å². The zero-order chi connectivity index (χ0) is 17.0. The van der Waals surface area contributed by atoms with E-state index >= 15 is 0 Å². The third-order valence-electron chi connectivity index (χ3n) is 2.58. The predicted molar refractivity (Wildman–Crippen MR) is 82.8 cm³/mol. The summed E-state index contributed by atoms with van der Waals surface area (Å²) in [6, 6.07) is 7.14. The highest BCUT2D eigenvalue weighted by Crippen LogP contribution is 2.35. The monoisotopic (exact) mass is 363 g/mol. The van der Waals surface area contributed by atoms with Crippen LogP contribution in [0.1, 0.15) is 5.56 Å². The maximum absolute atomic E-state index is 12.6. The minimum absolute atomic E-state index is 0.0668.